The number of aryl methyl sites for hydroxylation is 1. The Morgan fingerprint density at radius 1 is 1.50 bits per heavy atom. The van der Waals surface area contributed by atoms with Crippen LogP contribution >= 0.6 is 27.3 Å². The van der Waals surface area contributed by atoms with Crippen LogP contribution in [-0.4, -0.2) is 23.4 Å². The fraction of sp³-hybridized carbons (Fsp3) is 0.364. The van der Waals surface area contributed by atoms with Gasteiger partial charge in [-0.15, -0.1) is 11.3 Å². The van der Waals surface area contributed by atoms with Crippen LogP contribution in [0.15, 0.2) is 22.1 Å². The van der Waals surface area contributed by atoms with Crippen LogP contribution in [0.4, 0.5) is 0 Å². The summed E-state index contributed by atoms with van der Waals surface area (Å²) in [5.74, 6) is 0. The van der Waals surface area contributed by atoms with Crippen molar-refractivity contribution in [2.75, 3.05) is 13.6 Å². The van der Waals surface area contributed by atoms with Gasteiger partial charge in [-0.05, 0) is 48.1 Å². The van der Waals surface area contributed by atoms with Crippen molar-refractivity contribution in [3.8, 4) is 10.6 Å². The van der Waals surface area contributed by atoms with Crippen LogP contribution in [0, 0.1) is 0 Å². The molecule has 2 aromatic rings. The lowest BCUT2D eigenvalue weighted by atomic mass is 10.1. The first-order valence-electron chi connectivity index (χ1n) is 5.13. The van der Waals surface area contributed by atoms with E-state index in [-0.39, 0.29) is 0 Å². The number of nitrogens with zero attached hydrogens (tertiary/aromatic N) is 2. The second-order valence-corrected chi connectivity index (χ2v) is 6.10. The zero-order valence-electron chi connectivity index (χ0n) is 9.33. The van der Waals surface area contributed by atoms with Crippen molar-refractivity contribution < 1.29 is 0 Å². The third-order valence-corrected chi connectivity index (χ3v) is 3.99. The molecule has 0 atom stereocenters. The highest BCUT2D eigenvalue weighted by Crippen LogP contribution is 2.32. The third kappa shape index (κ3) is 2.53. The Balaban J connectivity index is 2.32. The van der Waals surface area contributed by atoms with Crippen molar-refractivity contribution in [3.63, 3.8) is 0 Å². The number of thiophene rings is 1. The van der Waals surface area contributed by atoms with Crippen LogP contribution < -0.4 is 5.32 Å². The molecule has 16 heavy (non-hydrogen) atoms. The molecule has 0 bridgehead atoms. The monoisotopic (exact) mass is 299 g/mol. The van der Waals surface area contributed by atoms with Gasteiger partial charge in [0.15, 0.2) is 0 Å². The van der Waals surface area contributed by atoms with Gasteiger partial charge in [-0.25, -0.2) is 0 Å². The van der Waals surface area contributed by atoms with Gasteiger partial charge in [-0.2, -0.15) is 5.10 Å². The molecule has 0 aliphatic heterocycles. The molecule has 2 rings (SSSR count). The predicted octanol–water partition coefficient (Wildman–Crippen LogP) is 2.67. The van der Waals surface area contributed by atoms with Crippen molar-refractivity contribution in [1.29, 1.82) is 0 Å². The number of nitrogens with one attached hydrogen (secondary N) is 1. The van der Waals surface area contributed by atoms with E-state index in [9.17, 15) is 0 Å². The first-order valence-corrected chi connectivity index (χ1v) is 6.74. The highest BCUT2D eigenvalue weighted by molar-refractivity contribution is 9.11. The van der Waals surface area contributed by atoms with Gasteiger partial charge in [0.25, 0.3) is 0 Å². The maximum atomic E-state index is 4.53. The second kappa shape index (κ2) is 5.12. The van der Waals surface area contributed by atoms with E-state index in [1.165, 1.54) is 10.4 Å². The molecule has 5 heteroatoms. The molecule has 2 aromatic heterocycles. The van der Waals surface area contributed by atoms with Gasteiger partial charge >= 0.3 is 0 Å². The van der Waals surface area contributed by atoms with Gasteiger partial charge in [-0.3, -0.25) is 4.68 Å². The second-order valence-electron chi connectivity index (χ2n) is 3.63. The molecule has 86 valence electrons. The molecule has 0 aliphatic rings. The summed E-state index contributed by atoms with van der Waals surface area (Å²) < 4.78 is 3.03. The van der Waals surface area contributed by atoms with Crippen molar-refractivity contribution in [2.24, 2.45) is 7.05 Å². The fourth-order valence-corrected chi connectivity index (χ4v) is 3.04. The lowest BCUT2D eigenvalue weighted by Crippen LogP contribution is -2.10. The van der Waals surface area contributed by atoms with E-state index in [0.717, 1.165) is 22.4 Å². The molecule has 3 nitrogen and oxygen atoms in total. The van der Waals surface area contributed by atoms with Crippen LogP contribution in [0.3, 0.4) is 0 Å². The summed E-state index contributed by atoms with van der Waals surface area (Å²) in [6.07, 6.45) is 3.11. The van der Waals surface area contributed by atoms with E-state index in [0.29, 0.717) is 0 Å². The summed E-state index contributed by atoms with van der Waals surface area (Å²) >= 11 is 5.21. The topological polar surface area (TPSA) is 29.9 Å². The van der Waals surface area contributed by atoms with E-state index in [4.69, 9.17) is 0 Å². The molecule has 0 amide bonds. The van der Waals surface area contributed by atoms with Crippen LogP contribution in [0.1, 0.15) is 5.56 Å². The Labute approximate surface area is 108 Å². The minimum atomic E-state index is 0.977. The summed E-state index contributed by atoms with van der Waals surface area (Å²) in [4.78, 5) is 1.22. The minimum Gasteiger partial charge on any atom is -0.319 e. The predicted molar refractivity (Wildman–Crippen MR) is 71.9 cm³/mol. The van der Waals surface area contributed by atoms with Crippen molar-refractivity contribution in [3.05, 3.63) is 27.7 Å². The molecule has 0 aromatic carbocycles. The average molecular weight is 300 g/mol. The van der Waals surface area contributed by atoms with Crippen LogP contribution in [0.25, 0.3) is 10.6 Å². The van der Waals surface area contributed by atoms with Crippen molar-refractivity contribution >= 4 is 27.3 Å². The summed E-state index contributed by atoms with van der Waals surface area (Å²) in [6, 6.07) is 4.18. The van der Waals surface area contributed by atoms with E-state index in [1.807, 2.05) is 18.8 Å². The molecule has 0 aliphatic carbocycles. The number of halogens is 1. The lowest BCUT2D eigenvalue weighted by molar-refractivity contribution is 0.765. The summed E-state index contributed by atoms with van der Waals surface area (Å²) in [5.41, 5.74) is 2.40. The van der Waals surface area contributed by atoms with Gasteiger partial charge in [0.05, 0.1) is 8.66 Å². The van der Waals surface area contributed by atoms with Gasteiger partial charge in [-0.1, -0.05) is 0 Å². The van der Waals surface area contributed by atoms with E-state index < -0.39 is 0 Å². The molecule has 1 N–H and O–H groups in total. The number of rotatable bonds is 4. The fourth-order valence-electron chi connectivity index (χ4n) is 1.63. The SMILES string of the molecule is CNCCc1cn(C)nc1-c1ccc(Br)s1. The minimum absolute atomic E-state index is 0.977. The van der Waals surface area contributed by atoms with Crippen LogP contribution in [-0.2, 0) is 13.5 Å². The standard InChI is InChI=1S/C11H14BrN3S/c1-13-6-5-8-7-15(2)14-11(8)9-3-4-10(12)16-9/h3-4,7,13H,5-6H2,1-2H3. The molecule has 0 fully saturated rings. The van der Waals surface area contributed by atoms with Crippen molar-refractivity contribution in [1.82, 2.24) is 15.1 Å². The van der Waals surface area contributed by atoms with Crippen molar-refractivity contribution in [2.45, 2.75) is 6.42 Å². The number of hydrogen-bond acceptors (Lipinski definition) is 3. The van der Waals surface area contributed by atoms with E-state index in [2.05, 4.69) is 44.7 Å². The summed E-state index contributed by atoms with van der Waals surface area (Å²) in [7, 11) is 3.94. The Morgan fingerprint density at radius 2 is 2.31 bits per heavy atom. The third-order valence-electron chi connectivity index (χ3n) is 2.36. The Bertz CT molecular complexity index is 475. The normalized spacial score (nSPS) is 10.9. The van der Waals surface area contributed by atoms with Gasteiger partial charge in [0.1, 0.15) is 5.69 Å². The molecular weight excluding hydrogens is 286 g/mol. The molecule has 0 saturated carbocycles. The maximum Gasteiger partial charge on any atom is 0.105 e. The molecule has 2 heterocycles. The Kier molecular flexibility index (Phi) is 3.78. The molecular formula is C11H14BrN3S. The zero-order valence-corrected chi connectivity index (χ0v) is 11.7. The summed E-state index contributed by atoms with van der Waals surface area (Å²) in [5, 5.41) is 7.69. The first-order chi connectivity index (χ1) is 7.70. The smallest absolute Gasteiger partial charge is 0.105 e. The largest absolute Gasteiger partial charge is 0.319 e. The van der Waals surface area contributed by atoms with E-state index >= 15 is 0 Å². The quantitative estimate of drug-likeness (QED) is 0.941. The molecule has 0 radical (unpaired) electrons. The lowest BCUT2D eigenvalue weighted by Gasteiger charge is -1.99. The number of hydrogen-bond donors (Lipinski definition) is 1. The molecule has 0 unspecified atom stereocenters. The highest BCUT2D eigenvalue weighted by Gasteiger charge is 2.11. The van der Waals surface area contributed by atoms with E-state index in [1.54, 1.807) is 11.3 Å². The van der Waals surface area contributed by atoms with Crippen LogP contribution in [0.2, 0.25) is 0 Å². The number of likely N-dealkylation sites (N-methyl/N-ethyl adjacent to an activating group) is 1. The zero-order chi connectivity index (χ0) is 11.5. The van der Waals surface area contributed by atoms with Crippen LogP contribution in [0.5, 0.6) is 0 Å². The highest BCUT2D eigenvalue weighted by atomic mass is 79.9. The number of aromatic nitrogens is 2. The van der Waals surface area contributed by atoms with Gasteiger partial charge < -0.3 is 5.32 Å². The average Bonchev–Trinajstić information content (AvgIpc) is 2.81. The molecule has 0 spiro atoms. The Morgan fingerprint density at radius 3 is 2.94 bits per heavy atom. The summed E-state index contributed by atoms with van der Waals surface area (Å²) in [6.45, 7) is 0.977. The van der Waals surface area contributed by atoms with Gasteiger partial charge in [0.2, 0.25) is 0 Å². The maximum absolute atomic E-state index is 4.53. The Hall–Kier alpha value is -0.650. The van der Waals surface area contributed by atoms with Gasteiger partial charge in [0, 0.05) is 18.8 Å². The first kappa shape index (κ1) is 11.8. The molecule has 0 saturated heterocycles.